The third-order valence-electron chi connectivity index (χ3n) is 5.08. The van der Waals surface area contributed by atoms with Crippen molar-refractivity contribution in [3.8, 4) is 11.5 Å². The van der Waals surface area contributed by atoms with Gasteiger partial charge in [0.2, 0.25) is 0 Å². The van der Waals surface area contributed by atoms with Crippen LogP contribution < -0.4 is 20.5 Å². The predicted octanol–water partition coefficient (Wildman–Crippen LogP) is 2.14. The normalized spacial score (nSPS) is 15.5. The zero-order valence-corrected chi connectivity index (χ0v) is 17.6. The molecule has 1 aliphatic rings. The van der Waals surface area contributed by atoms with Gasteiger partial charge in [0.05, 0.1) is 20.3 Å². The highest BCUT2D eigenvalue weighted by Crippen LogP contribution is 2.38. The number of urea groups is 1. The number of primary amides is 1. The standard InChI is InChI=1S/C21H31N3O6/c1-28-15-9-10-18(29-2)16(13-15)17-7-6-12-24(17)19(25)14-30-20(26)8-4-3-5-11-23-21(22)27/h9-10,13,17H,3-8,11-12,14H2,1-2H3,(H3,22,23,27)/t17-/m0/s1. The number of unbranched alkanes of at least 4 members (excludes halogenated alkanes) is 2. The summed E-state index contributed by atoms with van der Waals surface area (Å²) in [5, 5.41) is 2.49. The monoisotopic (exact) mass is 421 g/mol. The molecule has 9 nitrogen and oxygen atoms in total. The molecule has 0 saturated carbocycles. The molecule has 30 heavy (non-hydrogen) atoms. The van der Waals surface area contributed by atoms with E-state index in [9.17, 15) is 14.4 Å². The number of ether oxygens (including phenoxy) is 3. The van der Waals surface area contributed by atoms with E-state index in [1.54, 1.807) is 19.1 Å². The summed E-state index contributed by atoms with van der Waals surface area (Å²) >= 11 is 0. The summed E-state index contributed by atoms with van der Waals surface area (Å²) in [5.41, 5.74) is 5.87. The lowest BCUT2D eigenvalue weighted by Gasteiger charge is -2.26. The summed E-state index contributed by atoms with van der Waals surface area (Å²) in [6, 6.07) is 4.83. The number of nitrogens with one attached hydrogen (secondary N) is 1. The van der Waals surface area contributed by atoms with Crippen molar-refractivity contribution >= 4 is 17.9 Å². The number of nitrogens with two attached hydrogens (primary N) is 1. The molecule has 1 aromatic carbocycles. The number of rotatable bonds is 11. The van der Waals surface area contributed by atoms with Crippen molar-refractivity contribution in [2.75, 3.05) is 33.9 Å². The minimum absolute atomic E-state index is 0.140. The fourth-order valence-corrected chi connectivity index (χ4v) is 3.57. The SMILES string of the molecule is COc1ccc(OC)c([C@@H]2CCCN2C(=O)COC(=O)CCCCCNC(N)=O)c1. The Hall–Kier alpha value is -2.97. The zero-order valence-electron chi connectivity index (χ0n) is 17.6. The van der Waals surface area contributed by atoms with E-state index in [1.807, 2.05) is 18.2 Å². The molecular formula is C21H31N3O6. The van der Waals surface area contributed by atoms with Gasteiger partial charge in [0, 0.05) is 25.1 Å². The van der Waals surface area contributed by atoms with Crippen LogP contribution in [0.2, 0.25) is 0 Å². The molecule has 0 spiro atoms. The number of hydrogen-bond acceptors (Lipinski definition) is 6. The van der Waals surface area contributed by atoms with Crippen LogP contribution in [-0.4, -0.2) is 56.7 Å². The van der Waals surface area contributed by atoms with E-state index in [2.05, 4.69) is 5.32 Å². The van der Waals surface area contributed by atoms with E-state index in [1.165, 1.54) is 0 Å². The van der Waals surface area contributed by atoms with Crippen molar-refractivity contribution in [3.63, 3.8) is 0 Å². The quantitative estimate of drug-likeness (QED) is 0.417. The number of carbonyl (C=O) groups excluding carboxylic acids is 3. The second kappa shape index (κ2) is 11.9. The molecule has 1 aliphatic heterocycles. The van der Waals surface area contributed by atoms with Crippen molar-refractivity contribution in [3.05, 3.63) is 23.8 Å². The lowest BCUT2D eigenvalue weighted by molar-refractivity contribution is -0.152. The van der Waals surface area contributed by atoms with E-state index in [0.717, 1.165) is 31.2 Å². The van der Waals surface area contributed by atoms with Crippen LogP contribution in [0.5, 0.6) is 11.5 Å². The van der Waals surface area contributed by atoms with Gasteiger partial charge in [-0.25, -0.2) is 4.79 Å². The highest BCUT2D eigenvalue weighted by molar-refractivity contribution is 5.81. The van der Waals surface area contributed by atoms with Crippen molar-refractivity contribution in [1.82, 2.24) is 10.2 Å². The fraction of sp³-hybridized carbons (Fsp3) is 0.571. The number of amides is 3. The first-order valence-corrected chi connectivity index (χ1v) is 10.2. The third-order valence-corrected chi connectivity index (χ3v) is 5.08. The lowest BCUT2D eigenvalue weighted by atomic mass is 10.0. The van der Waals surface area contributed by atoms with Crippen LogP contribution in [0.15, 0.2) is 18.2 Å². The van der Waals surface area contributed by atoms with Gasteiger partial charge in [0.25, 0.3) is 5.91 Å². The average Bonchev–Trinajstić information content (AvgIpc) is 3.23. The molecule has 1 heterocycles. The minimum atomic E-state index is -0.556. The maximum absolute atomic E-state index is 12.7. The molecular weight excluding hydrogens is 390 g/mol. The first-order valence-electron chi connectivity index (χ1n) is 10.2. The van der Waals surface area contributed by atoms with Crippen LogP contribution in [-0.2, 0) is 14.3 Å². The van der Waals surface area contributed by atoms with Gasteiger partial charge in [-0.15, -0.1) is 0 Å². The molecule has 3 N–H and O–H groups in total. The van der Waals surface area contributed by atoms with Crippen molar-refractivity contribution in [2.24, 2.45) is 5.73 Å². The molecule has 0 radical (unpaired) electrons. The molecule has 0 aromatic heterocycles. The van der Waals surface area contributed by atoms with E-state index in [-0.39, 0.29) is 25.0 Å². The summed E-state index contributed by atoms with van der Waals surface area (Å²) in [7, 11) is 3.19. The summed E-state index contributed by atoms with van der Waals surface area (Å²) in [5.74, 6) is 0.771. The Morgan fingerprint density at radius 3 is 2.67 bits per heavy atom. The number of hydrogen-bond donors (Lipinski definition) is 2. The third kappa shape index (κ3) is 6.82. The summed E-state index contributed by atoms with van der Waals surface area (Å²) in [4.78, 5) is 36.9. The molecule has 9 heteroatoms. The van der Waals surface area contributed by atoms with Crippen molar-refractivity contribution < 1.29 is 28.6 Å². The number of benzene rings is 1. The number of carbonyl (C=O) groups is 3. The Kier molecular flexibility index (Phi) is 9.24. The van der Waals surface area contributed by atoms with Gasteiger partial charge in [-0.05, 0) is 43.9 Å². The highest BCUT2D eigenvalue weighted by Gasteiger charge is 2.32. The molecule has 1 atom stereocenters. The van der Waals surface area contributed by atoms with Gasteiger partial charge in [0.1, 0.15) is 11.5 Å². The predicted molar refractivity (Wildman–Crippen MR) is 110 cm³/mol. The minimum Gasteiger partial charge on any atom is -0.497 e. The Bertz CT molecular complexity index is 739. The first kappa shape index (κ1) is 23.3. The van der Waals surface area contributed by atoms with E-state index >= 15 is 0 Å². The maximum Gasteiger partial charge on any atom is 0.312 e. The van der Waals surface area contributed by atoms with E-state index in [0.29, 0.717) is 31.0 Å². The van der Waals surface area contributed by atoms with Crippen molar-refractivity contribution in [2.45, 2.75) is 44.6 Å². The van der Waals surface area contributed by atoms with Gasteiger partial charge < -0.3 is 30.2 Å². The van der Waals surface area contributed by atoms with Gasteiger partial charge in [-0.1, -0.05) is 6.42 Å². The molecule has 1 aromatic rings. The highest BCUT2D eigenvalue weighted by atomic mass is 16.5. The Morgan fingerprint density at radius 2 is 1.97 bits per heavy atom. The van der Waals surface area contributed by atoms with Crippen LogP contribution >= 0.6 is 0 Å². The van der Waals surface area contributed by atoms with Gasteiger partial charge >= 0.3 is 12.0 Å². The van der Waals surface area contributed by atoms with Crippen LogP contribution in [0.4, 0.5) is 4.79 Å². The number of nitrogens with zero attached hydrogens (tertiary/aromatic N) is 1. The van der Waals surface area contributed by atoms with Crippen LogP contribution in [0.25, 0.3) is 0 Å². The van der Waals surface area contributed by atoms with Gasteiger partial charge in [0.15, 0.2) is 6.61 Å². The largest absolute Gasteiger partial charge is 0.497 e. The van der Waals surface area contributed by atoms with Gasteiger partial charge in [-0.3, -0.25) is 9.59 Å². The van der Waals surface area contributed by atoms with Crippen LogP contribution in [0.1, 0.15) is 50.1 Å². The number of likely N-dealkylation sites (tertiary alicyclic amines) is 1. The van der Waals surface area contributed by atoms with Gasteiger partial charge in [-0.2, -0.15) is 0 Å². The van der Waals surface area contributed by atoms with E-state index in [4.69, 9.17) is 19.9 Å². The molecule has 166 valence electrons. The second-order valence-electron chi connectivity index (χ2n) is 7.12. The Morgan fingerprint density at radius 1 is 1.17 bits per heavy atom. The number of esters is 1. The molecule has 3 amide bonds. The summed E-state index contributed by atoms with van der Waals surface area (Å²) in [6.07, 6.45) is 4.02. The molecule has 0 aliphatic carbocycles. The molecule has 1 saturated heterocycles. The first-order chi connectivity index (χ1) is 14.5. The lowest BCUT2D eigenvalue weighted by Crippen LogP contribution is -2.34. The second-order valence-corrected chi connectivity index (χ2v) is 7.12. The van der Waals surface area contributed by atoms with Crippen LogP contribution in [0, 0.1) is 0 Å². The van der Waals surface area contributed by atoms with Crippen LogP contribution in [0.3, 0.4) is 0 Å². The maximum atomic E-state index is 12.7. The summed E-state index contributed by atoms with van der Waals surface area (Å²) in [6.45, 7) is 0.812. The number of methoxy groups -OCH3 is 2. The zero-order chi connectivity index (χ0) is 21.9. The smallest absolute Gasteiger partial charge is 0.312 e. The Balaban J connectivity index is 1.82. The molecule has 2 rings (SSSR count). The van der Waals surface area contributed by atoms with Crippen molar-refractivity contribution in [1.29, 1.82) is 0 Å². The Labute approximate surface area is 176 Å². The van der Waals surface area contributed by atoms with E-state index < -0.39 is 12.0 Å². The molecule has 0 bridgehead atoms. The average molecular weight is 421 g/mol. The molecule has 0 unspecified atom stereocenters. The topological polar surface area (TPSA) is 120 Å². The fourth-order valence-electron chi connectivity index (χ4n) is 3.57. The molecule has 1 fully saturated rings. The summed E-state index contributed by atoms with van der Waals surface area (Å²) < 4.78 is 15.9.